The highest BCUT2D eigenvalue weighted by molar-refractivity contribution is 6.12. The van der Waals surface area contributed by atoms with Gasteiger partial charge in [0.25, 0.3) is 0 Å². The Balaban J connectivity index is 1.86. The predicted octanol–water partition coefficient (Wildman–Crippen LogP) is 3.39. The molecule has 3 rings (SSSR count). The third-order valence-corrected chi connectivity index (χ3v) is 4.33. The number of rotatable bonds is 2. The van der Waals surface area contributed by atoms with Crippen molar-refractivity contribution >= 4 is 18.6 Å². The maximum atomic E-state index is 6.50. The van der Waals surface area contributed by atoms with Crippen molar-refractivity contribution in [2.24, 2.45) is 5.92 Å². The molecule has 2 aromatic rings. The summed E-state index contributed by atoms with van der Waals surface area (Å²) in [6, 6.07) is 15.1. The van der Waals surface area contributed by atoms with Gasteiger partial charge in [-0.1, -0.05) is 48.0 Å². The van der Waals surface area contributed by atoms with Crippen molar-refractivity contribution in [1.29, 1.82) is 0 Å². The van der Waals surface area contributed by atoms with E-state index in [1.165, 1.54) is 35.7 Å². The summed E-state index contributed by atoms with van der Waals surface area (Å²) in [6.45, 7) is 2.33. The van der Waals surface area contributed by atoms with Crippen LogP contribution in [-0.4, -0.2) is 32.9 Å². The highest BCUT2D eigenvalue weighted by atomic mass is 15.1. The van der Waals surface area contributed by atoms with Crippen LogP contribution < -0.4 is 0 Å². The van der Waals surface area contributed by atoms with Gasteiger partial charge < -0.3 is 4.90 Å². The van der Waals surface area contributed by atoms with E-state index in [-0.39, 0.29) is 5.82 Å². The van der Waals surface area contributed by atoms with E-state index >= 15 is 0 Å². The van der Waals surface area contributed by atoms with Gasteiger partial charge in [0, 0.05) is 6.54 Å². The van der Waals surface area contributed by atoms with Crippen molar-refractivity contribution in [3.8, 4) is 0 Å². The van der Waals surface area contributed by atoms with E-state index in [4.69, 9.17) is 7.85 Å². The summed E-state index contributed by atoms with van der Waals surface area (Å²) in [5.74, 6) is 0.743. The molecule has 0 saturated carbocycles. The van der Waals surface area contributed by atoms with Gasteiger partial charge in [-0.05, 0) is 48.9 Å². The predicted molar refractivity (Wildman–Crippen MR) is 82.7 cm³/mol. The Labute approximate surface area is 117 Å². The summed E-state index contributed by atoms with van der Waals surface area (Å²) < 4.78 is 0. The van der Waals surface area contributed by atoms with Crippen LogP contribution in [0.15, 0.2) is 42.5 Å². The molecule has 1 aliphatic heterocycles. The van der Waals surface area contributed by atoms with Crippen molar-refractivity contribution in [2.75, 3.05) is 20.1 Å². The lowest BCUT2D eigenvalue weighted by Gasteiger charge is -2.34. The van der Waals surface area contributed by atoms with Gasteiger partial charge in [0.05, 0.1) is 7.85 Å². The van der Waals surface area contributed by atoms with E-state index in [2.05, 4.69) is 54.4 Å². The Hall–Kier alpha value is -1.28. The minimum absolute atomic E-state index is 0.160. The molecule has 0 aromatic heterocycles. The van der Waals surface area contributed by atoms with Crippen LogP contribution in [0.4, 0.5) is 0 Å². The van der Waals surface area contributed by atoms with E-state index in [0.717, 1.165) is 6.54 Å². The molecule has 19 heavy (non-hydrogen) atoms. The third-order valence-electron chi connectivity index (χ3n) is 4.33. The molecule has 1 fully saturated rings. The quantitative estimate of drug-likeness (QED) is 0.737. The first-order valence-corrected chi connectivity index (χ1v) is 7.17. The van der Waals surface area contributed by atoms with Gasteiger partial charge in [-0.3, -0.25) is 0 Å². The van der Waals surface area contributed by atoms with Crippen molar-refractivity contribution in [1.82, 2.24) is 4.90 Å². The maximum absolute atomic E-state index is 6.50. The van der Waals surface area contributed by atoms with Crippen LogP contribution in [0.5, 0.6) is 0 Å². The summed E-state index contributed by atoms with van der Waals surface area (Å²) in [5, 5.41) is 2.58. The molecule has 1 aliphatic rings. The molecule has 0 bridgehead atoms. The summed E-state index contributed by atoms with van der Waals surface area (Å²) in [5.41, 5.74) is 1.28. The fourth-order valence-corrected chi connectivity index (χ4v) is 3.19. The first-order valence-electron chi connectivity index (χ1n) is 7.17. The molecule has 1 nitrogen and oxygen atoms in total. The lowest BCUT2D eigenvalue weighted by molar-refractivity contribution is 0.205. The number of likely N-dealkylation sites (tertiary alicyclic amines) is 1. The largest absolute Gasteiger partial charge is 0.306 e. The van der Waals surface area contributed by atoms with Gasteiger partial charge in [0.15, 0.2) is 0 Å². The van der Waals surface area contributed by atoms with Crippen LogP contribution in [0.25, 0.3) is 10.8 Å². The Kier molecular flexibility index (Phi) is 3.61. The second-order valence-corrected chi connectivity index (χ2v) is 5.80. The highest BCUT2D eigenvalue weighted by Crippen LogP contribution is 2.30. The fraction of sp³-hybridized carbons (Fsp3) is 0.412. The lowest BCUT2D eigenvalue weighted by atomic mass is 9.69. The van der Waals surface area contributed by atoms with Crippen LogP contribution in [0.2, 0.25) is 0 Å². The van der Waals surface area contributed by atoms with Crippen LogP contribution in [0.1, 0.15) is 24.2 Å². The molecule has 0 amide bonds. The van der Waals surface area contributed by atoms with Gasteiger partial charge in [-0.15, -0.1) is 0 Å². The van der Waals surface area contributed by atoms with Gasteiger partial charge in [0.1, 0.15) is 0 Å². The lowest BCUT2D eigenvalue weighted by Crippen LogP contribution is -2.35. The van der Waals surface area contributed by atoms with E-state index in [1.807, 2.05) is 0 Å². The molecule has 0 aliphatic carbocycles. The van der Waals surface area contributed by atoms with Crippen LogP contribution in [0.3, 0.4) is 0 Å². The highest BCUT2D eigenvalue weighted by Gasteiger charge is 2.23. The van der Waals surface area contributed by atoms with Crippen LogP contribution in [-0.2, 0) is 0 Å². The first kappa shape index (κ1) is 12.7. The van der Waals surface area contributed by atoms with Gasteiger partial charge in [-0.25, -0.2) is 0 Å². The Morgan fingerprint density at radius 2 is 1.95 bits per heavy atom. The average Bonchev–Trinajstić information content (AvgIpc) is 2.46. The van der Waals surface area contributed by atoms with Gasteiger partial charge in [0.2, 0.25) is 0 Å². The van der Waals surface area contributed by atoms with Gasteiger partial charge >= 0.3 is 0 Å². The Morgan fingerprint density at radius 1 is 1.16 bits per heavy atom. The minimum atomic E-state index is 0.160. The number of hydrogen-bond acceptors (Lipinski definition) is 1. The van der Waals surface area contributed by atoms with Crippen molar-refractivity contribution in [3.63, 3.8) is 0 Å². The normalized spacial score (nSPS) is 22.5. The van der Waals surface area contributed by atoms with Crippen LogP contribution >= 0.6 is 0 Å². The minimum Gasteiger partial charge on any atom is -0.306 e. The molecule has 0 unspecified atom stereocenters. The molecule has 0 spiro atoms. The zero-order valence-corrected chi connectivity index (χ0v) is 11.5. The molecular weight excluding hydrogens is 229 g/mol. The topological polar surface area (TPSA) is 3.24 Å². The number of nitrogens with zero attached hydrogens (tertiary/aromatic N) is 1. The SMILES string of the molecule is [B][C@@H](c1ccc2ccccc2c1)[C@H]1CCCN(C)C1. The van der Waals surface area contributed by atoms with E-state index in [1.54, 1.807) is 0 Å². The zero-order valence-electron chi connectivity index (χ0n) is 11.5. The first-order chi connectivity index (χ1) is 9.24. The standard InChI is InChI=1S/C17H20BN/c1-19-10-4-7-16(12-19)17(18)15-9-8-13-5-2-3-6-14(13)11-15/h2-3,5-6,8-9,11,16-17H,4,7,10,12H2,1H3/t16-,17-/m0/s1. The molecular formula is C17H20BN. The summed E-state index contributed by atoms with van der Waals surface area (Å²) in [7, 11) is 8.69. The van der Waals surface area contributed by atoms with Crippen molar-refractivity contribution in [3.05, 3.63) is 48.0 Å². The number of fused-ring (bicyclic) bond motifs is 1. The smallest absolute Gasteiger partial charge is 0.0768 e. The van der Waals surface area contributed by atoms with Gasteiger partial charge in [-0.2, -0.15) is 0 Å². The summed E-state index contributed by atoms with van der Waals surface area (Å²) in [6.07, 6.45) is 2.51. The molecule has 2 aromatic carbocycles. The number of piperidine rings is 1. The Morgan fingerprint density at radius 3 is 2.74 bits per heavy atom. The molecule has 1 saturated heterocycles. The third kappa shape index (κ3) is 2.69. The molecule has 0 N–H and O–H groups in total. The second kappa shape index (κ2) is 5.38. The molecule has 2 heteroatoms. The van der Waals surface area contributed by atoms with Crippen molar-refractivity contribution < 1.29 is 0 Å². The second-order valence-electron chi connectivity index (χ2n) is 5.80. The zero-order chi connectivity index (χ0) is 13.2. The van der Waals surface area contributed by atoms with Crippen molar-refractivity contribution in [2.45, 2.75) is 18.7 Å². The fourth-order valence-electron chi connectivity index (χ4n) is 3.19. The monoisotopic (exact) mass is 249 g/mol. The molecule has 2 radical (unpaired) electrons. The molecule has 96 valence electrons. The molecule has 1 heterocycles. The number of hydrogen-bond donors (Lipinski definition) is 0. The maximum Gasteiger partial charge on any atom is 0.0768 e. The number of benzene rings is 2. The average molecular weight is 249 g/mol. The van der Waals surface area contributed by atoms with E-state index in [0.29, 0.717) is 5.92 Å². The summed E-state index contributed by atoms with van der Waals surface area (Å²) in [4.78, 5) is 2.40. The Bertz CT molecular complexity index is 566. The van der Waals surface area contributed by atoms with E-state index in [9.17, 15) is 0 Å². The molecule has 2 atom stereocenters. The van der Waals surface area contributed by atoms with E-state index < -0.39 is 0 Å². The van der Waals surface area contributed by atoms with Crippen LogP contribution in [0, 0.1) is 5.92 Å². The summed E-state index contributed by atoms with van der Waals surface area (Å²) >= 11 is 0.